The van der Waals surface area contributed by atoms with Crippen molar-refractivity contribution in [1.29, 1.82) is 0 Å². The van der Waals surface area contributed by atoms with Crippen LogP contribution < -0.4 is 0 Å². The van der Waals surface area contributed by atoms with E-state index in [0.717, 1.165) is 23.6 Å². The Labute approximate surface area is 119 Å². The van der Waals surface area contributed by atoms with Crippen molar-refractivity contribution in [3.8, 4) is 0 Å². The molecular formula is C16H18ClNO. The first kappa shape index (κ1) is 13.9. The van der Waals surface area contributed by atoms with Crippen LogP contribution in [0.3, 0.4) is 0 Å². The lowest BCUT2D eigenvalue weighted by Crippen LogP contribution is -2.11. The summed E-state index contributed by atoms with van der Waals surface area (Å²) in [4.78, 5) is 11.3. The molecule has 0 spiro atoms. The maximum absolute atomic E-state index is 11.3. The standard InChI is InChI=1S/C16H18ClNO/c1-12-3-9-16(18(12)11-13(2)19)10-6-14-4-7-15(17)8-5-14/h3-5,7-9H,6,10-11H2,1-2H3. The van der Waals surface area contributed by atoms with Crippen LogP contribution in [0.15, 0.2) is 36.4 Å². The molecule has 100 valence electrons. The normalized spacial score (nSPS) is 10.7. The number of hydrogen-bond acceptors (Lipinski definition) is 1. The Morgan fingerprint density at radius 2 is 1.79 bits per heavy atom. The van der Waals surface area contributed by atoms with E-state index in [1.54, 1.807) is 6.92 Å². The maximum Gasteiger partial charge on any atom is 0.149 e. The van der Waals surface area contributed by atoms with Crippen LogP contribution in [0, 0.1) is 6.92 Å². The van der Waals surface area contributed by atoms with Crippen LogP contribution >= 0.6 is 11.6 Å². The van der Waals surface area contributed by atoms with Gasteiger partial charge in [-0.25, -0.2) is 0 Å². The molecule has 0 fully saturated rings. The van der Waals surface area contributed by atoms with Gasteiger partial charge in [-0.1, -0.05) is 23.7 Å². The summed E-state index contributed by atoms with van der Waals surface area (Å²) in [6.07, 6.45) is 1.89. The van der Waals surface area contributed by atoms with Gasteiger partial charge in [0.1, 0.15) is 5.78 Å². The van der Waals surface area contributed by atoms with Gasteiger partial charge in [-0.15, -0.1) is 0 Å². The Kier molecular flexibility index (Phi) is 4.43. The number of carbonyl (C=O) groups is 1. The average molecular weight is 276 g/mol. The molecule has 0 N–H and O–H groups in total. The topological polar surface area (TPSA) is 22.0 Å². The highest BCUT2D eigenvalue weighted by Crippen LogP contribution is 2.14. The second kappa shape index (κ2) is 6.07. The van der Waals surface area contributed by atoms with E-state index in [0.29, 0.717) is 6.54 Å². The summed E-state index contributed by atoms with van der Waals surface area (Å²) in [5.41, 5.74) is 3.61. The number of ketones is 1. The number of carbonyl (C=O) groups excluding carboxylic acids is 1. The molecule has 0 unspecified atom stereocenters. The molecule has 1 aromatic heterocycles. The van der Waals surface area contributed by atoms with Crippen LogP contribution in [0.4, 0.5) is 0 Å². The third kappa shape index (κ3) is 3.71. The average Bonchev–Trinajstić information content (AvgIpc) is 2.70. The molecular weight excluding hydrogens is 258 g/mol. The van der Waals surface area contributed by atoms with E-state index >= 15 is 0 Å². The fraction of sp³-hybridized carbons (Fsp3) is 0.312. The van der Waals surface area contributed by atoms with E-state index in [-0.39, 0.29) is 5.78 Å². The summed E-state index contributed by atoms with van der Waals surface area (Å²) in [5, 5.41) is 0.763. The number of nitrogens with zero attached hydrogens (tertiary/aromatic N) is 1. The largest absolute Gasteiger partial charge is 0.342 e. The highest BCUT2D eigenvalue weighted by atomic mass is 35.5. The van der Waals surface area contributed by atoms with Gasteiger partial charge in [0.15, 0.2) is 0 Å². The summed E-state index contributed by atoms with van der Waals surface area (Å²) in [5.74, 6) is 0.187. The van der Waals surface area contributed by atoms with E-state index in [9.17, 15) is 4.79 Å². The first-order valence-electron chi connectivity index (χ1n) is 6.45. The van der Waals surface area contributed by atoms with Gasteiger partial charge in [0.05, 0.1) is 6.54 Å². The molecule has 0 aliphatic heterocycles. The van der Waals surface area contributed by atoms with E-state index < -0.39 is 0 Å². The first-order valence-corrected chi connectivity index (χ1v) is 6.83. The van der Waals surface area contributed by atoms with Crippen LogP contribution in [0.5, 0.6) is 0 Å². The van der Waals surface area contributed by atoms with Crippen LogP contribution in [0.25, 0.3) is 0 Å². The van der Waals surface area contributed by atoms with Crippen LogP contribution in [0.2, 0.25) is 5.02 Å². The number of rotatable bonds is 5. The van der Waals surface area contributed by atoms with Crippen molar-refractivity contribution in [2.75, 3.05) is 0 Å². The molecule has 0 aliphatic rings. The summed E-state index contributed by atoms with van der Waals surface area (Å²) < 4.78 is 2.10. The molecule has 2 nitrogen and oxygen atoms in total. The summed E-state index contributed by atoms with van der Waals surface area (Å²) in [7, 11) is 0. The fourth-order valence-corrected chi connectivity index (χ4v) is 2.34. The minimum absolute atomic E-state index is 0.187. The summed E-state index contributed by atoms with van der Waals surface area (Å²) in [6, 6.07) is 12.1. The molecule has 0 aliphatic carbocycles. The van der Waals surface area contributed by atoms with Gasteiger partial charge in [0.2, 0.25) is 0 Å². The van der Waals surface area contributed by atoms with Gasteiger partial charge in [-0.05, 0) is 56.5 Å². The van der Waals surface area contributed by atoms with Crippen LogP contribution in [0.1, 0.15) is 23.9 Å². The van der Waals surface area contributed by atoms with Crippen molar-refractivity contribution < 1.29 is 4.79 Å². The Morgan fingerprint density at radius 1 is 1.11 bits per heavy atom. The summed E-state index contributed by atoms with van der Waals surface area (Å²) in [6.45, 7) is 4.13. The zero-order valence-electron chi connectivity index (χ0n) is 11.3. The smallest absolute Gasteiger partial charge is 0.149 e. The van der Waals surface area contributed by atoms with Gasteiger partial charge in [0, 0.05) is 16.4 Å². The molecule has 0 radical (unpaired) electrons. The second-order valence-corrected chi connectivity index (χ2v) is 5.32. The van der Waals surface area contributed by atoms with Crippen molar-refractivity contribution in [2.45, 2.75) is 33.2 Å². The molecule has 0 amide bonds. The third-order valence-electron chi connectivity index (χ3n) is 3.25. The quantitative estimate of drug-likeness (QED) is 0.813. The number of Topliss-reactive ketones (excluding diaryl/α,β-unsaturated/α-hetero) is 1. The van der Waals surface area contributed by atoms with Crippen molar-refractivity contribution in [2.24, 2.45) is 0 Å². The molecule has 0 saturated heterocycles. The van der Waals surface area contributed by atoms with E-state index in [1.165, 1.54) is 11.3 Å². The first-order chi connectivity index (χ1) is 9.06. The Hall–Kier alpha value is -1.54. The minimum Gasteiger partial charge on any atom is -0.342 e. The predicted molar refractivity (Wildman–Crippen MR) is 78.7 cm³/mol. The van der Waals surface area contributed by atoms with Gasteiger partial charge < -0.3 is 4.57 Å². The highest BCUT2D eigenvalue weighted by molar-refractivity contribution is 6.30. The van der Waals surface area contributed by atoms with Crippen LogP contribution in [-0.2, 0) is 24.2 Å². The highest BCUT2D eigenvalue weighted by Gasteiger charge is 2.07. The molecule has 0 bridgehead atoms. The van der Waals surface area contributed by atoms with Crippen molar-refractivity contribution >= 4 is 17.4 Å². The lowest BCUT2D eigenvalue weighted by atomic mass is 10.1. The molecule has 1 heterocycles. The number of halogens is 1. The number of aryl methyl sites for hydroxylation is 3. The maximum atomic E-state index is 11.3. The lowest BCUT2D eigenvalue weighted by Gasteiger charge is -2.10. The molecule has 1 aromatic carbocycles. The predicted octanol–water partition coefficient (Wildman–Crippen LogP) is 3.82. The number of benzene rings is 1. The molecule has 2 aromatic rings. The fourth-order valence-electron chi connectivity index (χ4n) is 2.21. The van der Waals surface area contributed by atoms with Crippen LogP contribution in [-0.4, -0.2) is 10.4 Å². The van der Waals surface area contributed by atoms with Gasteiger partial charge in [-0.3, -0.25) is 4.79 Å². The Bertz CT molecular complexity index is 569. The third-order valence-corrected chi connectivity index (χ3v) is 3.51. The van der Waals surface area contributed by atoms with Gasteiger partial charge in [-0.2, -0.15) is 0 Å². The van der Waals surface area contributed by atoms with Gasteiger partial charge in [0.25, 0.3) is 0 Å². The van der Waals surface area contributed by atoms with E-state index in [2.05, 4.69) is 16.7 Å². The molecule has 2 rings (SSSR count). The zero-order chi connectivity index (χ0) is 13.8. The Morgan fingerprint density at radius 3 is 2.42 bits per heavy atom. The monoisotopic (exact) mass is 275 g/mol. The zero-order valence-corrected chi connectivity index (χ0v) is 12.1. The molecule has 0 saturated carbocycles. The summed E-state index contributed by atoms with van der Waals surface area (Å²) >= 11 is 5.87. The van der Waals surface area contributed by atoms with Crippen molar-refractivity contribution in [3.63, 3.8) is 0 Å². The second-order valence-electron chi connectivity index (χ2n) is 4.88. The minimum atomic E-state index is 0.187. The van der Waals surface area contributed by atoms with E-state index in [4.69, 9.17) is 11.6 Å². The van der Waals surface area contributed by atoms with Gasteiger partial charge >= 0.3 is 0 Å². The molecule has 19 heavy (non-hydrogen) atoms. The molecule has 3 heteroatoms. The molecule has 0 atom stereocenters. The SMILES string of the molecule is CC(=O)Cn1c(C)ccc1CCc1ccc(Cl)cc1. The Balaban J connectivity index is 2.07. The van der Waals surface area contributed by atoms with Crippen molar-refractivity contribution in [3.05, 3.63) is 58.4 Å². The lowest BCUT2D eigenvalue weighted by molar-refractivity contribution is -0.117. The number of hydrogen-bond donors (Lipinski definition) is 0. The number of aromatic nitrogens is 1. The van der Waals surface area contributed by atoms with Crippen molar-refractivity contribution in [1.82, 2.24) is 4.57 Å². The van der Waals surface area contributed by atoms with E-state index in [1.807, 2.05) is 31.2 Å².